The molecule has 0 saturated carbocycles. The third kappa shape index (κ3) is 3.72. The van der Waals surface area contributed by atoms with Crippen molar-refractivity contribution < 1.29 is 14.3 Å². The number of aliphatic hydroxyl groups is 1. The topological polar surface area (TPSA) is 38.7 Å². The maximum absolute atomic E-state index is 9.66. The number of benzene rings is 2. The molecular formula is C21H28O3Si. The third-order valence-corrected chi connectivity index (χ3v) is 9.99. The Labute approximate surface area is 151 Å². The Bertz CT molecular complexity index is 627. The quantitative estimate of drug-likeness (QED) is 0.837. The molecule has 1 unspecified atom stereocenters. The SMILES string of the molecule is CC(C)(C)[Si](OC[C@H]1CCC(O)O1)(c1ccccc1)c1ccccc1. The molecule has 0 aromatic heterocycles. The average Bonchev–Trinajstić information content (AvgIpc) is 3.02. The van der Waals surface area contributed by atoms with E-state index in [1.165, 1.54) is 10.4 Å². The molecule has 25 heavy (non-hydrogen) atoms. The fourth-order valence-electron chi connectivity index (χ4n) is 3.79. The summed E-state index contributed by atoms with van der Waals surface area (Å²) in [5.74, 6) is 0. The summed E-state index contributed by atoms with van der Waals surface area (Å²) in [5, 5.41) is 12.2. The molecule has 1 saturated heterocycles. The Morgan fingerprint density at radius 2 is 1.48 bits per heavy atom. The van der Waals surface area contributed by atoms with Crippen molar-refractivity contribution in [3.63, 3.8) is 0 Å². The molecule has 3 rings (SSSR count). The molecule has 1 heterocycles. The van der Waals surface area contributed by atoms with Crippen LogP contribution in [-0.4, -0.2) is 32.4 Å². The van der Waals surface area contributed by atoms with Crippen molar-refractivity contribution >= 4 is 18.7 Å². The Kier molecular flexibility index (Phi) is 5.44. The number of rotatable bonds is 5. The molecule has 1 N–H and O–H groups in total. The van der Waals surface area contributed by atoms with E-state index in [0.717, 1.165) is 6.42 Å². The van der Waals surface area contributed by atoms with Crippen LogP contribution in [0, 0.1) is 0 Å². The van der Waals surface area contributed by atoms with E-state index in [1.807, 2.05) is 12.1 Å². The first-order chi connectivity index (χ1) is 11.9. The molecule has 2 atom stereocenters. The van der Waals surface area contributed by atoms with E-state index in [1.54, 1.807) is 0 Å². The lowest BCUT2D eigenvalue weighted by Crippen LogP contribution is -2.67. The number of ether oxygens (including phenoxy) is 1. The third-order valence-electron chi connectivity index (χ3n) is 4.99. The van der Waals surface area contributed by atoms with Gasteiger partial charge in [-0.05, 0) is 21.8 Å². The molecule has 134 valence electrons. The van der Waals surface area contributed by atoms with Gasteiger partial charge in [0.2, 0.25) is 0 Å². The van der Waals surface area contributed by atoms with Crippen molar-refractivity contribution in [2.75, 3.05) is 6.61 Å². The molecule has 0 amide bonds. The molecule has 2 aromatic carbocycles. The average molecular weight is 357 g/mol. The standard InChI is InChI=1S/C21H28O3Si/c1-21(2,3)25(18-10-6-4-7-11-18,19-12-8-5-9-13-19)23-16-17-14-15-20(22)24-17/h4-13,17,20,22H,14-16H2,1-3H3/t17-,20?/m1/s1. The largest absolute Gasteiger partial charge is 0.405 e. The first kappa shape index (κ1) is 18.3. The number of aliphatic hydroxyl groups excluding tert-OH is 1. The minimum absolute atomic E-state index is 0.0309. The van der Waals surface area contributed by atoms with Gasteiger partial charge in [0, 0.05) is 6.42 Å². The van der Waals surface area contributed by atoms with Crippen LogP contribution in [0.3, 0.4) is 0 Å². The molecule has 0 aliphatic carbocycles. The first-order valence-electron chi connectivity index (χ1n) is 9.02. The Balaban J connectivity index is 2.02. The lowest BCUT2D eigenvalue weighted by Gasteiger charge is -2.43. The van der Waals surface area contributed by atoms with Gasteiger partial charge in [-0.15, -0.1) is 0 Å². The maximum Gasteiger partial charge on any atom is 0.261 e. The molecule has 3 nitrogen and oxygen atoms in total. The zero-order valence-electron chi connectivity index (χ0n) is 15.3. The van der Waals surface area contributed by atoms with Gasteiger partial charge in [-0.2, -0.15) is 0 Å². The normalized spacial score (nSPS) is 21.4. The monoisotopic (exact) mass is 356 g/mol. The van der Waals surface area contributed by atoms with Gasteiger partial charge in [-0.25, -0.2) is 0 Å². The second kappa shape index (κ2) is 7.42. The molecule has 0 spiro atoms. The van der Waals surface area contributed by atoms with Gasteiger partial charge in [0.15, 0.2) is 6.29 Å². The van der Waals surface area contributed by atoms with Crippen molar-refractivity contribution in [1.29, 1.82) is 0 Å². The van der Waals surface area contributed by atoms with Crippen LogP contribution < -0.4 is 10.4 Å². The zero-order valence-corrected chi connectivity index (χ0v) is 16.3. The minimum Gasteiger partial charge on any atom is -0.405 e. The van der Waals surface area contributed by atoms with Crippen LogP contribution in [0.15, 0.2) is 60.7 Å². The fourth-order valence-corrected chi connectivity index (χ4v) is 8.38. The molecule has 1 fully saturated rings. The predicted octanol–water partition coefficient (Wildman–Crippen LogP) is 3.06. The van der Waals surface area contributed by atoms with Gasteiger partial charge < -0.3 is 14.3 Å². The first-order valence-corrected chi connectivity index (χ1v) is 10.9. The van der Waals surface area contributed by atoms with Gasteiger partial charge in [0.05, 0.1) is 12.7 Å². The van der Waals surface area contributed by atoms with Crippen molar-refractivity contribution in [3.05, 3.63) is 60.7 Å². The van der Waals surface area contributed by atoms with Crippen LogP contribution in [0.5, 0.6) is 0 Å². The zero-order chi connectivity index (χ0) is 17.9. The molecule has 1 aliphatic heterocycles. The van der Waals surface area contributed by atoms with Crippen LogP contribution in [0.25, 0.3) is 0 Å². The van der Waals surface area contributed by atoms with E-state index in [2.05, 4.69) is 69.3 Å². The van der Waals surface area contributed by atoms with Crippen LogP contribution in [0.4, 0.5) is 0 Å². The number of hydrogen-bond donors (Lipinski definition) is 1. The van der Waals surface area contributed by atoms with Crippen LogP contribution >= 0.6 is 0 Å². The predicted molar refractivity (Wildman–Crippen MR) is 104 cm³/mol. The summed E-state index contributed by atoms with van der Waals surface area (Å²) >= 11 is 0. The lowest BCUT2D eigenvalue weighted by molar-refractivity contribution is -0.0992. The highest BCUT2D eigenvalue weighted by atomic mass is 28.4. The Morgan fingerprint density at radius 1 is 0.960 bits per heavy atom. The van der Waals surface area contributed by atoms with E-state index >= 15 is 0 Å². The second-order valence-electron chi connectivity index (χ2n) is 7.76. The fraction of sp³-hybridized carbons (Fsp3) is 0.429. The van der Waals surface area contributed by atoms with Gasteiger partial charge in [-0.3, -0.25) is 0 Å². The maximum atomic E-state index is 9.66. The summed E-state index contributed by atoms with van der Waals surface area (Å²) in [5.41, 5.74) is 0. The van der Waals surface area contributed by atoms with Gasteiger partial charge in [0.1, 0.15) is 0 Å². The molecule has 1 aliphatic rings. The van der Waals surface area contributed by atoms with E-state index in [0.29, 0.717) is 13.0 Å². The van der Waals surface area contributed by atoms with Crippen molar-refractivity contribution in [2.24, 2.45) is 0 Å². The van der Waals surface area contributed by atoms with Crippen LogP contribution in [0.1, 0.15) is 33.6 Å². The van der Waals surface area contributed by atoms with Gasteiger partial charge >= 0.3 is 0 Å². The summed E-state index contributed by atoms with van der Waals surface area (Å²) in [6, 6.07) is 21.2. The summed E-state index contributed by atoms with van der Waals surface area (Å²) in [6.07, 6.45) is 0.859. The second-order valence-corrected chi connectivity index (χ2v) is 12.1. The van der Waals surface area contributed by atoms with E-state index in [-0.39, 0.29) is 11.1 Å². The van der Waals surface area contributed by atoms with Crippen molar-refractivity contribution in [2.45, 2.75) is 51.0 Å². The van der Waals surface area contributed by atoms with Crippen LogP contribution in [-0.2, 0) is 9.16 Å². The molecule has 0 bridgehead atoms. The highest BCUT2D eigenvalue weighted by molar-refractivity contribution is 6.99. The molecular weight excluding hydrogens is 328 g/mol. The van der Waals surface area contributed by atoms with Gasteiger partial charge in [0.25, 0.3) is 8.32 Å². The number of hydrogen-bond acceptors (Lipinski definition) is 3. The van der Waals surface area contributed by atoms with E-state index < -0.39 is 14.6 Å². The summed E-state index contributed by atoms with van der Waals surface area (Å²) in [4.78, 5) is 0. The van der Waals surface area contributed by atoms with E-state index in [9.17, 15) is 5.11 Å². The molecule has 4 heteroatoms. The van der Waals surface area contributed by atoms with E-state index in [4.69, 9.17) is 9.16 Å². The summed E-state index contributed by atoms with van der Waals surface area (Å²) < 4.78 is 12.4. The van der Waals surface area contributed by atoms with Gasteiger partial charge in [-0.1, -0.05) is 81.4 Å². The van der Waals surface area contributed by atoms with Crippen LogP contribution in [0.2, 0.25) is 5.04 Å². The molecule has 2 aromatic rings. The minimum atomic E-state index is -2.50. The summed E-state index contributed by atoms with van der Waals surface area (Å²) in [7, 11) is -2.50. The smallest absolute Gasteiger partial charge is 0.261 e. The van der Waals surface area contributed by atoms with Crippen molar-refractivity contribution in [3.8, 4) is 0 Å². The van der Waals surface area contributed by atoms with Crippen molar-refractivity contribution in [1.82, 2.24) is 0 Å². The molecule has 0 radical (unpaired) electrons. The lowest BCUT2D eigenvalue weighted by atomic mass is 10.2. The highest BCUT2D eigenvalue weighted by Gasteiger charge is 2.50. The summed E-state index contributed by atoms with van der Waals surface area (Å²) in [6.45, 7) is 7.32. The highest BCUT2D eigenvalue weighted by Crippen LogP contribution is 2.37. The Morgan fingerprint density at radius 3 is 1.88 bits per heavy atom. The Hall–Kier alpha value is -1.46.